The van der Waals surface area contributed by atoms with Crippen LogP contribution in [0.3, 0.4) is 0 Å². The van der Waals surface area contributed by atoms with Crippen LogP contribution < -0.4 is 19.5 Å². The molecule has 0 aliphatic carbocycles. The van der Waals surface area contributed by atoms with E-state index in [1.807, 2.05) is 24.3 Å². The number of benzene rings is 3. The van der Waals surface area contributed by atoms with Crippen LogP contribution in [0.15, 0.2) is 71.9 Å². The van der Waals surface area contributed by atoms with Crippen molar-refractivity contribution >= 4 is 21.4 Å². The number of aliphatic hydroxyl groups is 3. The van der Waals surface area contributed by atoms with Gasteiger partial charge in [-0.2, -0.15) is 0 Å². The van der Waals surface area contributed by atoms with Gasteiger partial charge in [0.2, 0.25) is 0 Å². The molecule has 1 aliphatic heterocycles. The Morgan fingerprint density at radius 3 is 2.34 bits per heavy atom. The van der Waals surface area contributed by atoms with E-state index in [-0.39, 0.29) is 44.0 Å². The summed E-state index contributed by atoms with van der Waals surface area (Å²) in [6.07, 6.45) is 5.45. The Morgan fingerprint density at radius 2 is 1.64 bits per heavy atom. The van der Waals surface area contributed by atoms with Crippen molar-refractivity contribution in [2.75, 3.05) is 45.7 Å². The summed E-state index contributed by atoms with van der Waals surface area (Å²) in [4.78, 5) is 6.42. The molecule has 0 saturated carbocycles. The predicted octanol–water partition coefficient (Wildman–Crippen LogP) is 5.25. The molecule has 286 valence electrons. The number of hydrogen-bond acceptors (Lipinski definition) is 11. The molecule has 4 aromatic rings. The lowest BCUT2D eigenvalue weighted by Gasteiger charge is -2.27. The molecule has 1 fully saturated rings. The van der Waals surface area contributed by atoms with Gasteiger partial charge in [0.1, 0.15) is 30.5 Å². The molecule has 0 amide bonds. The number of β-amino-alcohol motifs (C(OH)–C–C–N with tert-alkyl or cyclic N) is 1. The quantitative estimate of drug-likeness (QED) is 0.0984. The Morgan fingerprint density at radius 1 is 0.925 bits per heavy atom. The van der Waals surface area contributed by atoms with Crippen molar-refractivity contribution < 1.29 is 37.9 Å². The average Bonchev–Trinajstić information content (AvgIpc) is 3.57. The van der Waals surface area contributed by atoms with Crippen LogP contribution in [-0.4, -0.2) is 91.0 Å². The van der Waals surface area contributed by atoms with Crippen LogP contribution in [-0.2, 0) is 29.6 Å². The number of nitrogens with one attached hydrogen (secondary N) is 1. The van der Waals surface area contributed by atoms with Crippen LogP contribution in [0.2, 0.25) is 5.02 Å². The number of aromatic nitrogens is 1. The van der Waals surface area contributed by atoms with Gasteiger partial charge in [-0.1, -0.05) is 41.9 Å². The molecule has 3 aromatic carbocycles. The second-order valence-corrected chi connectivity index (χ2v) is 16.4. The molecule has 0 unspecified atom stereocenters. The normalized spacial score (nSPS) is 15.1. The van der Waals surface area contributed by atoms with Crippen LogP contribution in [0.4, 0.5) is 0 Å². The van der Waals surface area contributed by atoms with Crippen LogP contribution >= 0.6 is 11.6 Å². The molecule has 1 aliphatic rings. The highest BCUT2D eigenvalue weighted by Crippen LogP contribution is 2.36. The first-order chi connectivity index (χ1) is 25.3. The zero-order valence-electron chi connectivity index (χ0n) is 30.8. The number of ether oxygens (including phenoxy) is 3. The van der Waals surface area contributed by atoms with E-state index >= 15 is 0 Å². The van der Waals surface area contributed by atoms with Gasteiger partial charge in [-0.05, 0) is 79.6 Å². The van der Waals surface area contributed by atoms with Gasteiger partial charge in [0, 0.05) is 62.0 Å². The summed E-state index contributed by atoms with van der Waals surface area (Å²) in [7, 11) is -3.46. The zero-order chi connectivity index (χ0) is 38.2. The average molecular weight is 768 g/mol. The summed E-state index contributed by atoms with van der Waals surface area (Å²) in [6, 6.07) is 17.1. The molecule has 5 rings (SSSR count). The third-order valence-electron chi connectivity index (χ3n) is 9.64. The summed E-state index contributed by atoms with van der Waals surface area (Å²) < 4.78 is 42.9. The Kier molecular flexibility index (Phi) is 13.8. The maximum Gasteiger partial charge on any atom is 0.177 e. The Bertz CT molecular complexity index is 1970. The van der Waals surface area contributed by atoms with Crippen LogP contribution in [0.25, 0.3) is 11.1 Å². The standard InChI is InChI=1S/C40H50ClN3O8S/c1-27-30(8-5-9-34(27)35-10-6-11-37(28(35)2)50-15-7-13-44-14-12-32(47)22-44)24-52-39-18-38(31(17-36(39)41)20-43-40(3,25-45)26-46)51-23-29-16-33(21-42-19-29)53(4,48)49/h5-6,8-11,16-19,21,32,43,45-47H,7,12-15,20,22-26H2,1-4H3/t32-/m1/s1. The van der Waals surface area contributed by atoms with Gasteiger partial charge < -0.3 is 39.7 Å². The second-order valence-electron chi connectivity index (χ2n) is 14.0. The van der Waals surface area contributed by atoms with E-state index < -0.39 is 15.4 Å². The van der Waals surface area contributed by atoms with Crippen molar-refractivity contribution in [3.8, 4) is 28.4 Å². The number of halogens is 1. The van der Waals surface area contributed by atoms with Gasteiger partial charge in [0.25, 0.3) is 0 Å². The second kappa shape index (κ2) is 18.1. The van der Waals surface area contributed by atoms with E-state index in [0.29, 0.717) is 34.3 Å². The van der Waals surface area contributed by atoms with E-state index in [1.165, 1.54) is 18.5 Å². The highest BCUT2D eigenvalue weighted by atomic mass is 35.5. The largest absolute Gasteiger partial charge is 0.493 e. The molecule has 4 N–H and O–H groups in total. The van der Waals surface area contributed by atoms with Crippen molar-refractivity contribution in [2.24, 2.45) is 0 Å². The molecule has 11 nitrogen and oxygen atoms in total. The topological polar surface area (TPSA) is 151 Å². The first-order valence-corrected chi connectivity index (χ1v) is 20.0. The van der Waals surface area contributed by atoms with Gasteiger partial charge in [0.05, 0.1) is 41.4 Å². The summed E-state index contributed by atoms with van der Waals surface area (Å²) in [5.74, 6) is 1.66. The van der Waals surface area contributed by atoms with E-state index in [9.17, 15) is 23.7 Å². The minimum absolute atomic E-state index is 0.0214. The summed E-state index contributed by atoms with van der Waals surface area (Å²) in [5, 5.41) is 32.9. The third kappa shape index (κ3) is 10.7. The van der Waals surface area contributed by atoms with Crippen LogP contribution in [0, 0.1) is 13.8 Å². The van der Waals surface area contributed by atoms with Crippen molar-refractivity contribution in [1.82, 2.24) is 15.2 Å². The van der Waals surface area contributed by atoms with Gasteiger partial charge in [-0.15, -0.1) is 0 Å². The predicted molar refractivity (Wildman–Crippen MR) is 205 cm³/mol. The molecule has 13 heteroatoms. The maximum atomic E-state index is 12.1. The maximum absolute atomic E-state index is 12.1. The lowest BCUT2D eigenvalue weighted by molar-refractivity contribution is 0.103. The van der Waals surface area contributed by atoms with Crippen molar-refractivity contribution in [1.29, 1.82) is 0 Å². The van der Waals surface area contributed by atoms with Crippen molar-refractivity contribution in [3.05, 3.63) is 99.8 Å². The molecule has 1 aromatic heterocycles. The van der Waals surface area contributed by atoms with Crippen molar-refractivity contribution in [2.45, 2.75) is 69.9 Å². The van der Waals surface area contributed by atoms with Gasteiger partial charge in [-0.3, -0.25) is 4.98 Å². The Balaban J connectivity index is 1.32. The summed E-state index contributed by atoms with van der Waals surface area (Å²) in [5.41, 5.74) is 5.47. The number of pyridine rings is 1. The van der Waals surface area contributed by atoms with Gasteiger partial charge in [0.15, 0.2) is 9.84 Å². The van der Waals surface area contributed by atoms with E-state index in [4.69, 9.17) is 25.8 Å². The van der Waals surface area contributed by atoms with Crippen LogP contribution in [0.1, 0.15) is 47.6 Å². The number of aliphatic hydroxyl groups excluding tert-OH is 3. The monoisotopic (exact) mass is 767 g/mol. The summed E-state index contributed by atoms with van der Waals surface area (Å²) in [6.45, 7) is 8.85. The highest BCUT2D eigenvalue weighted by molar-refractivity contribution is 7.90. The fourth-order valence-electron chi connectivity index (χ4n) is 6.17. The fourth-order valence-corrected chi connectivity index (χ4v) is 7.03. The zero-order valence-corrected chi connectivity index (χ0v) is 32.3. The summed E-state index contributed by atoms with van der Waals surface area (Å²) >= 11 is 6.76. The lowest BCUT2D eigenvalue weighted by Crippen LogP contribution is -2.48. The smallest absolute Gasteiger partial charge is 0.177 e. The molecule has 1 saturated heterocycles. The number of nitrogens with zero attached hydrogens (tertiary/aromatic N) is 2. The number of rotatable bonds is 18. The molecular weight excluding hydrogens is 718 g/mol. The first kappa shape index (κ1) is 40.4. The van der Waals surface area contributed by atoms with E-state index in [1.54, 1.807) is 19.1 Å². The number of likely N-dealkylation sites (tertiary alicyclic amines) is 1. The first-order valence-electron chi connectivity index (χ1n) is 17.7. The van der Waals surface area contributed by atoms with Gasteiger partial charge >= 0.3 is 0 Å². The van der Waals surface area contributed by atoms with Crippen LogP contribution in [0.5, 0.6) is 17.2 Å². The molecular formula is C40H50ClN3O8S. The molecule has 0 spiro atoms. The number of sulfone groups is 1. The third-order valence-corrected chi connectivity index (χ3v) is 11.0. The van der Waals surface area contributed by atoms with E-state index in [0.717, 1.165) is 72.3 Å². The molecule has 0 radical (unpaired) electrons. The lowest BCUT2D eigenvalue weighted by atomic mass is 9.93. The molecule has 0 bridgehead atoms. The van der Waals surface area contributed by atoms with E-state index in [2.05, 4.69) is 41.2 Å². The Labute approximate surface area is 317 Å². The SMILES string of the molecule is Cc1c(COc2cc(OCc3cncc(S(C)(=O)=O)c3)c(CNC(C)(CO)CO)cc2Cl)cccc1-c1cccc(OCCCN2CC[C@@H](O)C2)c1C. The highest BCUT2D eigenvalue weighted by Gasteiger charge is 2.23. The molecule has 2 heterocycles. The van der Waals surface area contributed by atoms with Crippen molar-refractivity contribution in [3.63, 3.8) is 0 Å². The minimum atomic E-state index is -3.46. The molecule has 53 heavy (non-hydrogen) atoms. The fraction of sp³-hybridized carbons (Fsp3) is 0.425. The number of hydrogen-bond donors (Lipinski definition) is 4. The molecule has 1 atom stereocenters. The Hall–Kier alpha value is -3.75. The minimum Gasteiger partial charge on any atom is -0.493 e. The van der Waals surface area contributed by atoms with Gasteiger partial charge in [-0.25, -0.2) is 8.42 Å².